The molecule has 1 heterocycles. The van der Waals surface area contributed by atoms with Crippen LogP contribution < -0.4 is 5.43 Å². The van der Waals surface area contributed by atoms with Gasteiger partial charge in [-0.2, -0.15) is 10.4 Å². The van der Waals surface area contributed by atoms with E-state index in [1.807, 2.05) is 6.07 Å². The van der Waals surface area contributed by atoms with Gasteiger partial charge in [0.2, 0.25) is 5.43 Å². The molecule has 0 N–H and O–H groups in total. The van der Waals surface area contributed by atoms with Crippen molar-refractivity contribution < 1.29 is 14.3 Å². The molecule has 0 unspecified atom stereocenters. The van der Waals surface area contributed by atoms with Gasteiger partial charge in [0, 0.05) is 19.0 Å². The molecule has 0 aliphatic heterocycles. The number of benzene rings is 1. The minimum Gasteiger partial charge on any atom is -0.452 e. The number of hydrogen-bond donors (Lipinski definition) is 0. The van der Waals surface area contributed by atoms with Gasteiger partial charge in [0.05, 0.1) is 37.2 Å². The Kier molecular flexibility index (Phi) is 6.44. The summed E-state index contributed by atoms with van der Waals surface area (Å²) in [7, 11) is 1.56. The molecule has 0 saturated carbocycles. The molecule has 0 fully saturated rings. The number of para-hydroxylation sites is 1. The zero-order chi connectivity index (χ0) is 19.1. The normalized spacial score (nSPS) is 11.6. The van der Waals surface area contributed by atoms with Crippen molar-refractivity contribution in [3.05, 3.63) is 40.7 Å². The number of likely N-dealkylation sites (N-methyl/N-ethyl adjacent to an activating group) is 1. The highest BCUT2D eigenvalue weighted by Crippen LogP contribution is 2.09. The number of hydrogen-bond acceptors (Lipinski definition) is 6. The summed E-state index contributed by atoms with van der Waals surface area (Å²) in [5.41, 5.74) is 0.451. The van der Waals surface area contributed by atoms with Crippen molar-refractivity contribution in [1.82, 2.24) is 14.7 Å². The van der Waals surface area contributed by atoms with Crippen LogP contribution in [0.4, 0.5) is 0 Å². The Morgan fingerprint density at radius 3 is 2.85 bits per heavy atom. The first kappa shape index (κ1) is 19.1. The van der Waals surface area contributed by atoms with Crippen molar-refractivity contribution in [2.75, 3.05) is 13.6 Å². The van der Waals surface area contributed by atoms with Gasteiger partial charge in [0.15, 0.2) is 6.10 Å². The van der Waals surface area contributed by atoms with Crippen molar-refractivity contribution in [3.63, 3.8) is 0 Å². The fourth-order valence-electron chi connectivity index (χ4n) is 2.48. The molecule has 1 atom stereocenters. The summed E-state index contributed by atoms with van der Waals surface area (Å²) in [5, 5.41) is 13.1. The Labute approximate surface area is 150 Å². The van der Waals surface area contributed by atoms with E-state index >= 15 is 0 Å². The number of carbonyl (C=O) groups excluding carboxylic acids is 2. The number of aromatic nitrogens is 2. The Hall–Kier alpha value is -3.21. The molecular formula is C18H20N4O4. The Morgan fingerprint density at radius 1 is 1.38 bits per heavy atom. The van der Waals surface area contributed by atoms with Gasteiger partial charge >= 0.3 is 5.97 Å². The van der Waals surface area contributed by atoms with Gasteiger partial charge in [0.25, 0.3) is 5.91 Å². The third-order valence-corrected chi connectivity index (χ3v) is 3.88. The zero-order valence-electron chi connectivity index (χ0n) is 14.7. The van der Waals surface area contributed by atoms with Crippen molar-refractivity contribution >= 4 is 22.8 Å². The van der Waals surface area contributed by atoms with E-state index in [2.05, 4.69) is 5.10 Å². The number of rotatable bonds is 7. The summed E-state index contributed by atoms with van der Waals surface area (Å²) in [6.07, 6.45) is 0.516. The van der Waals surface area contributed by atoms with E-state index in [-0.39, 0.29) is 37.3 Å². The van der Waals surface area contributed by atoms with Gasteiger partial charge < -0.3 is 9.64 Å². The summed E-state index contributed by atoms with van der Waals surface area (Å²) in [6.45, 7) is 2.01. The average molecular weight is 356 g/mol. The lowest BCUT2D eigenvalue weighted by atomic mass is 10.2. The van der Waals surface area contributed by atoms with Crippen LogP contribution in [0.1, 0.15) is 19.8 Å². The lowest BCUT2D eigenvalue weighted by Crippen LogP contribution is -2.38. The van der Waals surface area contributed by atoms with Gasteiger partial charge in [-0.3, -0.25) is 19.1 Å². The largest absolute Gasteiger partial charge is 0.452 e. The lowest BCUT2D eigenvalue weighted by Gasteiger charge is -2.20. The molecule has 2 aromatic rings. The molecule has 26 heavy (non-hydrogen) atoms. The maximum absolute atomic E-state index is 12.1. The standard InChI is InChI=1S/C18H20N4O4/c1-13(18(25)21(2)10-5-9-19)26-17(24)8-11-22-15-7-4-3-6-14(15)16(23)12-20-22/h3-4,6-7,12-13H,5,8,10-11H2,1-2H3/t13-/m0/s1. The summed E-state index contributed by atoms with van der Waals surface area (Å²) in [4.78, 5) is 37.2. The van der Waals surface area contributed by atoms with Crippen molar-refractivity contribution in [1.29, 1.82) is 5.26 Å². The topological polar surface area (TPSA) is 105 Å². The van der Waals surface area contributed by atoms with Gasteiger partial charge in [0.1, 0.15) is 0 Å². The monoisotopic (exact) mass is 356 g/mol. The average Bonchev–Trinajstić information content (AvgIpc) is 2.65. The van der Waals surface area contributed by atoms with Crippen molar-refractivity contribution in [3.8, 4) is 6.07 Å². The van der Waals surface area contributed by atoms with Crippen LogP contribution in [-0.2, 0) is 20.9 Å². The molecule has 0 spiro atoms. The summed E-state index contributed by atoms with van der Waals surface area (Å²) in [5.74, 6) is -0.898. The van der Waals surface area contributed by atoms with Crippen LogP contribution >= 0.6 is 0 Å². The van der Waals surface area contributed by atoms with Crippen molar-refractivity contribution in [2.45, 2.75) is 32.4 Å². The smallest absolute Gasteiger partial charge is 0.308 e. The zero-order valence-corrected chi connectivity index (χ0v) is 14.7. The van der Waals surface area contributed by atoms with Crippen LogP contribution in [0.3, 0.4) is 0 Å². The molecule has 8 nitrogen and oxygen atoms in total. The van der Waals surface area contributed by atoms with Crippen LogP contribution in [0.2, 0.25) is 0 Å². The second kappa shape index (κ2) is 8.76. The number of amides is 1. The molecule has 0 bridgehead atoms. The molecule has 0 aliphatic rings. The molecular weight excluding hydrogens is 336 g/mol. The maximum atomic E-state index is 12.1. The van der Waals surface area contributed by atoms with Crippen LogP contribution in [0, 0.1) is 11.3 Å². The second-order valence-corrected chi connectivity index (χ2v) is 5.80. The highest BCUT2D eigenvalue weighted by atomic mass is 16.5. The molecule has 1 amide bonds. The second-order valence-electron chi connectivity index (χ2n) is 5.80. The van der Waals surface area contributed by atoms with E-state index in [0.29, 0.717) is 10.9 Å². The fraction of sp³-hybridized carbons (Fsp3) is 0.389. The fourth-order valence-corrected chi connectivity index (χ4v) is 2.48. The number of aryl methyl sites for hydroxylation is 1. The summed E-state index contributed by atoms with van der Waals surface area (Å²) < 4.78 is 6.71. The first-order valence-electron chi connectivity index (χ1n) is 8.20. The first-order chi connectivity index (χ1) is 12.4. The number of ether oxygens (including phenoxy) is 1. The highest BCUT2D eigenvalue weighted by molar-refractivity contribution is 5.83. The SMILES string of the molecule is C[C@H](OC(=O)CCn1ncc(=O)c2ccccc21)C(=O)N(C)CCC#N. The third-order valence-electron chi connectivity index (χ3n) is 3.88. The minimum absolute atomic E-state index is 0.0133. The van der Waals surface area contributed by atoms with Gasteiger partial charge in [-0.15, -0.1) is 0 Å². The maximum Gasteiger partial charge on any atom is 0.308 e. The number of nitriles is 1. The predicted octanol–water partition coefficient (Wildman–Crippen LogP) is 1.09. The van der Waals surface area contributed by atoms with Gasteiger partial charge in [-0.1, -0.05) is 12.1 Å². The summed E-state index contributed by atoms with van der Waals surface area (Å²) >= 11 is 0. The van der Waals surface area contributed by atoms with Crippen LogP contribution in [-0.4, -0.2) is 46.3 Å². The number of fused-ring (bicyclic) bond motifs is 1. The van der Waals surface area contributed by atoms with Crippen LogP contribution in [0.5, 0.6) is 0 Å². The van der Waals surface area contributed by atoms with E-state index in [0.717, 1.165) is 0 Å². The minimum atomic E-state index is -0.926. The van der Waals surface area contributed by atoms with E-state index < -0.39 is 12.1 Å². The molecule has 136 valence electrons. The molecule has 2 rings (SSSR count). The van der Waals surface area contributed by atoms with E-state index in [9.17, 15) is 14.4 Å². The molecule has 1 aromatic heterocycles. The van der Waals surface area contributed by atoms with Gasteiger partial charge in [-0.05, 0) is 19.1 Å². The number of nitrogens with zero attached hydrogens (tertiary/aromatic N) is 4. The molecule has 8 heteroatoms. The van der Waals surface area contributed by atoms with E-state index in [1.165, 1.54) is 18.0 Å². The predicted molar refractivity (Wildman–Crippen MR) is 94.0 cm³/mol. The van der Waals surface area contributed by atoms with E-state index in [1.54, 1.807) is 36.0 Å². The molecule has 1 aromatic carbocycles. The number of carbonyl (C=O) groups is 2. The van der Waals surface area contributed by atoms with Crippen LogP contribution in [0.15, 0.2) is 35.3 Å². The molecule has 0 radical (unpaired) electrons. The lowest BCUT2D eigenvalue weighted by molar-refractivity contribution is -0.158. The Bertz CT molecular complexity index is 900. The summed E-state index contributed by atoms with van der Waals surface area (Å²) in [6, 6.07) is 8.96. The first-order valence-corrected chi connectivity index (χ1v) is 8.20. The molecule has 0 aliphatic carbocycles. The number of esters is 1. The van der Waals surface area contributed by atoms with Crippen LogP contribution in [0.25, 0.3) is 10.9 Å². The molecule has 0 saturated heterocycles. The third kappa shape index (κ3) is 4.66. The highest BCUT2D eigenvalue weighted by Gasteiger charge is 2.21. The van der Waals surface area contributed by atoms with Crippen molar-refractivity contribution in [2.24, 2.45) is 0 Å². The Balaban J connectivity index is 1.95. The quantitative estimate of drug-likeness (QED) is 0.688. The van der Waals surface area contributed by atoms with Gasteiger partial charge in [-0.25, -0.2) is 0 Å². The van der Waals surface area contributed by atoms with E-state index in [4.69, 9.17) is 10.00 Å². The Morgan fingerprint density at radius 2 is 2.12 bits per heavy atom.